The summed E-state index contributed by atoms with van der Waals surface area (Å²) in [5.74, 6) is 0.358. The fourth-order valence-corrected chi connectivity index (χ4v) is 4.24. The number of carbonyl (C=O) groups excluding carboxylic acids is 2. The molecule has 1 aliphatic rings. The molecule has 0 aromatic heterocycles. The highest BCUT2D eigenvalue weighted by molar-refractivity contribution is 5.94. The molecule has 0 radical (unpaired) electrons. The van der Waals surface area contributed by atoms with Crippen LogP contribution in [-0.2, 0) is 6.42 Å². The van der Waals surface area contributed by atoms with E-state index in [-0.39, 0.29) is 18.1 Å². The molecule has 0 saturated carbocycles. The third-order valence-corrected chi connectivity index (χ3v) is 6.15. The van der Waals surface area contributed by atoms with E-state index in [1.165, 1.54) is 12.1 Å². The molecule has 0 bridgehead atoms. The van der Waals surface area contributed by atoms with Crippen molar-refractivity contribution in [2.45, 2.75) is 19.4 Å². The van der Waals surface area contributed by atoms with E-state index in [0.29, 0.717) is 30.0 Å². The van der Waals surface area contributed by atoms with Gasteiger partial charge in [0.2, 0.25) is 0 Å². The Balaban J connectivity index is 1.63. The van der Waals surface area contributed by atoms with Crippen LogP contribution in [0.5, 0.6) is 11.5 Å². The number of nitrogens with zero attached hydrogens (tertiary/aromatic N) is 1. The van der Waals surface area contributed by atoms with Crippen LogP contribution in [0.3, 0.4) is 0 Å². The van der Waals surface area contributed by atoms with Crippen molar-refractivity contribution in [3.8, 4) is 11.5 Å². The molecule has 1 aliphatic heterocycles. The van der Waals surface area contributed by atoms with Crippen LogP contribution in [0.1, 0.15) is 33.1 Å². The Hall–Kier alpha value is -4.07. The number of ether oxygens (including phenoxy) is 2. The maximum absolute atomic E-state index is 14.2. The quantitative estimate of drug-likeness (QED) is 0.539. The van der Waals surface area contributed by atoms with Gasteiger partial charge in [0.1, 0.15) is 5.82 Å². The molecule has 3 aromatic rings. The lowest BCUT2D eigenvalue weighted by Crippen LogP contribution is -2.47. The second-order valence-corrected chi connectivity index (χ2v) is 8.35. The number of para-hydroxylation sites is 1. The monoisotopic (exact) mass is 477 g/mol. The van der Waals surface area contributed by atoms with Crippen molar-refractivity contribution >= 4 is 17.6 Å². The van der Waals surface area contributed by atoms with E-state index in [9.17, 15) is 14.0 Å². The number of hydrogen-bond acceptors (Lipinski definition) is 4. The molecule has 8 heteroatoms. The molecule has 182 valence electrons. The minimum atomic E-state index is -0.520. The molecule has 2 N–H and O–H groups in total. The van der Waals surface area contributed by atoms with Gasteiger partial charge in [0.25, 0.3) is 5.91 Å². The molecule has 3 aromatic carbocycles. The Morgan fingerprint density at radius 2 is 1.71 bits per heavy atom. The zero-order valence-corrected chi connectivity index (χ0v) is 19.9. The number of carbonyl (C=O) groups is 2. The maximum atomic E-state index is 14.2. The number of amides is 3. The average Bonchev–Trinajstić information content (AvgIpc) is 2.87. The van der Waals surface area contributed by atoms with E-state index in [4.69, 9.17) is 9.47 Å². The number of nitrogens with one attached hydrogen (secondary N) is 2. The topological polar surface area (TPSA) is 79.9 Å². The minimum Gasteiger partial charge on any atom is -0.493 e. The van der Waals surface area contributed by atoms with Crippen LogP contribution >= 0.6 is 0 Å². The normalized spacial score (nSPS) is 14.6. The molecule has 0 aliphatic carbocycles. The zero-order valence-electron chi connectivity index (χ0n) is 19.9. The van der Waals surface area contributed by atoms with Crippen LogP contribution in [0.25, 0.3) is 0 Å². The summed E-state index contributed by atoms with van der Waals surface area (Å²) >= 11 is 0. The molecule has 0 fully saturated rings. The van der Waals surface area contributed by atoms with Gasteiger partial charge in [-0.25, -0.2) is 9.18 Å². The Morgan fingerprint density at radius 1 is 1.03 bits per heavy atom. The molecule has 0 saturated heterocycles. The standard InChI is InChI=1S/C27H28FN3O4/c1-17-8-10-18(11-9-17)26(32)29-16-23-20-15-25(35-3)24(34-2)14-19(20)12-13-31(23)27(33)30-22-7-5-4-6-21(22)28/h4-11,14-15,23H,12-13,16H2,1-3H3,(H,29,32)(H,30,33)/t23-/m0/s1. The zero-order chi connectivity index (χ0) is 24.9. The molecule has 35 heavy (non-hydrogen) atoms. The van der Waals surface area contributed by atoms with Gasteiger partial charge in [-0.2, -0.15) is 0 Å². The van der Waals surface area contributed by atoms with Crippen molar-refractivity contribution in [3.63, 3.8) is 0 Å². The number of urea groups is 1. The Bertz CT molecular complexity index is 1230. The summed E-state index contributed by atoms with van der Waals surface area (Å²) in [4.78, 5) is 27.7. The van der Waals surface area contributed by atoms with Crippen LogP contribution in [0.2, 0.25) is 0 Å². The first kappa shape index (κ1) is 24.1. The van der Waals surface area contributed by atoms with E-state index in [0.717, 1.165) is 16.7 Å². The van der Waals surface area contributed by atoms with Gasteiger partial charge in [-0.3, -0.25) is 4.79 Å². The van der Waals surface area contributed by atoms with Crippen molar-refractivity contribution in [1.29, 1.82) is 0 Å². The van der Waals surface area contributed by atoms with Crippen molar-refractivity contribution in [1.82, 2.24) is 10.2 Å². The summed E-state index contributed by atoms with van der Waals surface area (Å²) in [5, 5.41) is 5.61. The summed E-state index contributed by atoms with van der Waals surface area (Å²) in [6.07, 6.45) is 0.572. The van der Waals surface area contributed by atoms with Gasteiger partial charge in [-0.15, -0.1) is 0 Å². The van der Waals surface area contributed by atoms with Gasteiger partial charge >= 0.3 is 6.03 Å². The minimum absolute atomic E-state index is 0.0954. The van der Waals surface area contributed by atoms with Crippen LogP contribution in [0, 0.1) is 12.7 Å². The molecule has 3 amide bonds. The molecular weight excluding hydrogens is 449 g/mol. The largest absolute Gasteiger partial charge is 0.493 e. The van der Waals surface area contributed by atoms with Crippen molar-refractivity contribution in [2.75, 3.05) is 32.6 Å². The van der Waals surface area contributed by atoms with Gasteiger partial charge in [0, 0.05) is 18.7 Å². The van der Waals surface area contributed by atoms with Gasteiger partial charge in [0.15, 0.2) is 11.5 Å². The Morgan fingerprint density at radius 3 is 2.40 bits per heavy atom. The second kappa shape index (κ2) is 10.5. The molecule has 4 rings (SSSR count). The number of rotatable bonds is 6. The Kier molecular flexibility index (Phi) is 7.19. The lowest BCUT2D eigenvalue weighted by Gasteiger charge is -2.38. The average molecular weight is 478 g/mol. The van der Waals surface area contributed by atoms with Gasteiger partial charge in [-0.1, -0.05) is 29.8 Å². The third kappa shape index (κ3) is 5.21. The maximum Gasteiger partial charge on any atom is 0.322 e. The van der Waals surface area contributed by atoms with Crippen LogP contribution in [0.15, 0.2) is 60.7 Å². The number of fused-ring (bicyclic) bond motifs is 1. The van der Waals surface area contributed by atoms with Crippen LogP contribution in [-0.4, -0.2) is 44.1 Å². The number of halogens is 1. The van der Waals surface area contributed by atoms with E-state index in [1.54, 1.807) is 43.4 Å². The van der Waals surface area contributed by atoms with Crippen LogP contribution < -0.4 is 20.1 Å². The fraction of sp³-hybridized carbons (Fsp3) is 0.259. The molecule has 7 nitrogen and oxygen atoms in total. The molecule has 0 spiro atoms. The first-order valence-corrected chi connectivity index (χ1v) is 11.3. The molecule has 1 atom stereocenters. The number of methoxy groups -OCH3 is 2. The van der Waals surface area contributed by atoms with Crippen molar-refractivity contribution in [3.05, 3.63) is 88.7 Å². The summed E-state index contributed by atoms with van der Waals surface area (Å²) in [5.41, 5.74) is 3.51. The summed E-state index contributed by atoms with van der Waals surface area (Å²) in [6.45, 7) is 2.50. The van der Waals surface area contributed by atoms with E-state index in [1.807, 2.05) is 31.2 Å². The SMILES string of the molecule is COc1cc2c(cc1OC)[C@H](CNC(=O)c1ccc(C)cc1)N(C(=O)Nc1ccccc1F)CC2. The van der Waals surface area contributed by atoms with Crippen molar-refractivity contribution < 1.29 is 23.5 Å². The van der Waals surface area contributed by atoms with Gasteiger partial charge in [0.05, 0.1) is 25.9 Å². The lowest BCUT2D eigenvalue weighted by molar-refractivity contribution is 0.0936. The third-order valence-electron chi connectivity index (χ3n) is 6.15. The fourth-order valence-electron chi connectivity index (χ4n) is 4.24. The van der Waals surface area contributed by atoms with Crippen LogP contribution in [0.4, 0.5) is 14.9 Å². The first-order valence-electron chi connectivity index (χ1n) is 11.3. The van der Waals surface area contributed by atoms with E-state index < -0.39 is 17.9 Å². The summed E-state index contributed by atoms with van der Waals surface area (Å²) in [6, 6.07) is 16.0. The van der Waals surface area contributed by atoms with Gasteiger partial charge in [-0.05, 0) is 60.9 Å². The summed E-state index contributed by atoms with van der Waals surface area (Å²) < 4.78 is 25.1. The molecule has 0 unspecified atom stereocenters. The number of anilines is 1. The summed E-state index contributed by atoms with van der Waals surface area (Å²) in [7, 11) is 3.12. The predicted molar refractivity (Wildman–Crippen MR) is 132 cm³/mol. The number of benzene rings is 3. The highest BCUT2D eigenvalue weighted by Crippen LogP contribution is 2.38. The first-order chi connectivity index (χ1) is 16.9. The highest BCUT2D eigenvalue weighted by Gasteiger charge is 2.33. The van der Waals surface area contributed by atoms with Crippen molar-refractivity contribution in [2.24, 2.45) is 0 Å². The number of aryl methyl sites for hydroxylation is 1. The highest BCUT2D eigenvalue weighted by atomic mass is 19.1. The smallest absolute Gasteiger partial charge is 0.322 e. The predicted octanol–water partition coefficient (Wildman–Crippen LogP) is 4.71. The Labute approximate surface area is 203 Å². The van der Waals surface area contributed by atoms with E-state index >= 15 is 0 Å². The van der Waals surface area contributed by atoms with Gasteiger partial charge < -0.3 is 25.0 Å². The van der Waals surface area contributed by atoms with E-state index in [2.05, 4.69) is 10.6 Å². The number of hydrogen-bond donors (Lipinski definition) is 2. The molecular formula is C27H28FN3O4. The lowest BCUT2D eigenvalue weighted by atomic mass is 9.91. The molecule has 1 heterocycles. The second-order valence-electron chi connectivity index (χ2n) is 8.35.